The van der Waals surface area contributed by atoms with Crippen molar-refractivity contribution in [3.05, 3.63) is 0 Å². The van der Waals surface area contributed by atoms with Gasteiger partial charge in [0.25, 0.3) is 0 Å². The quantitative estimate of drug-likeness (QED) is 0.294. The third kappa shape index (κ3) is 11.8. The van der Waals surface area contributed by atoms with E-state index in [-0.39, 0.29) is 31.7 Å². The van der Waals surface area contributed by atoms with Crippen molar-refractivity contribution in [3.63, 3.8) is 0 Å². The van der Waals surface area contributed by atoms with Gasteiger partial charge in [0.2, 0.25) is 11.8 Å². The van der Waals surface area contributed by atoms with Crippen LogP contribution in [0.15, 0.2) is 0 Å². The number of esters is 1. The largest absolute Gasteiger partial charge is 0.458 e. The maximum atomic E-state index is 12.2. The van der Waals surface area contributed by atoms with Crippen molar-refractivity contribution in [2.24, 2.45) is 5.73 Å². The van der Waals surface area contributed by atoms with Gasteiger partial charge in [-0.3, -0.25) is 14.4 Å². The molecule has 0 rings (SSSR count). The number of nitrogens with one attached hydrogen (secondary N) is 3. The van der Waals surface area contributed by atoms with Crippen LogP contribution in [0.2, 0.25) is 0 Å². The second-order valence-electron chi connectivity index (χ2n) is 6.47. The highest BCUT2D eigenvalue weighted by atomic mass is 16.6. The van der Waals surface area contributed by atoms with E-state index in [9.17, 15) is 19.2 Å². The lowest BCUT2D eigenvalue weighted by Crippen LogP contribution is -2.47. The van der Waals surface area contributed by atoms with Crippen molar-refractivity contribution in [1.29, 1.82) is 5.41 Å². The van der Waals surface area contributed by atoms with E-state index in [2.05, 4.69) is 10.6 Å². The molecule has 0 fully saturated rings. The summed E-state index contributed by atoms with van der Waals surface area (Å²) in [5.74, 6) is -2.02. The summed E-state index contributed by atoms with van der Waals surface area (Å²) >= 11 is 0. The van der Waals surface area contributed by atoms with Crippen molar-refractivity contribution < 1.29 is 23.9 Å². The Hall–Kier alpha value is -2.29. The van der Waals surface area contributed by atoms with E-state index in [1.807, 2.05) is 0 Å². The minimum Gasteiger partial charge on any atom is -0.458 e. The van der Waals surface area contributed by atoms with Crippen LogP contribution in [0.1, 0.15) is 46.5 Å². The molecule has 25 heavy (non-hydrogen) atoms. The zero-order chi connectivity index (χ0) is 19.5. The summed E-state index contributed by atoms with van der Waals surface area (Å²) in [7, 11) is 0. The molecule has 9 heteroatoms. The van der Waals surface area contributed by atoms with E-state index in [0.29, 0.717) is 19.2 Å². The Bertz CT molecular complexity index is 499. The molecule has 142 valence electrons. The molecule has 0 aliphatic carbocycles. The van der Waals surface area contributed by atoms with Gasteiger partial charge >= 0.3 is 5.97 Å². The summed E-state index contributed by atoms with van der Waals surface area (Å²) in [4.78, 5) is 46.8. The minimum absolute atomic E-state index is 0.00991. The fourth-order valence-corrected chi connectivity index (χ4v) is 1.76. The van der Waals surface area contributed by atoms with Crippen LogP contribution in [-0.2, 0) is 23.9 Å². The molecule has 0 bridgehead atoms. The van der Waals surface area contributed by atoms with E-state index in [4.69, 9.17) is 15.9 Å². The predicted molar refractivity (Wildman–Crippen MR) is 92.1 cm³/mol. The van der Waals surface area contributed by atoms with Crippen LogP contribution in [0.4, 0.5) is 0 Å². The summed E-state index contributed by atoms with van der Waals surface area (Å²) < 4.78 is 5.22. The molecule has 5 N–H and O–H groups in total. The number of ketones is 1. The zero-order valence-electron chi connectivity index (χ0n) is 15.0. The molecule has 0 aromatic carbocycles. The number of rotatable bonds is 11. The maximum absolute atomic E-state index is 12.2. The number of hydrogen-bond donors (Lipinski definition) is 4. The first-order chi connectivity index (χ1) is 11.6. The van der Waals surface area contributed by atoms with E-state index < -0.39 is 29.3 Å². The number of ether oxygens (including phenoxy) is 1. The number of hydrogen-bond acceptors (Lipinski definition) is 7. The first-order valence-corrected chi connectivity index (χ1v) is 8.11. The van der Waals surface area contributed by atoms with Gasteiger partial charge in [0.15, 0.2) is 5.78 Å². The Balaban J connectivity index is 4.66. The van der Waals surface area contributed by atoms with Gasteiger partial charge in [-0.25, -0.2) is 4.79 Å². The zero-order valence-corrected chi connectivity index (χ0v) is 15.0. The molecular weight excluding hydrogens is 328 g/mol. The molecule has 1 unspecified atom stereocenters. The molecule has 0 heterocycles. The van der Waals surface area contributed by atoms with Gasteiger partial charge in [-0.2, -0.15) is 0 Å². The molecule has 0 aliphatic heterocycles. The van der Waals surface area contributed by atoms with Gasteiger partial charge in [0.05, 0.1) is 12.8 Å². The van der Waals surface area contributed by atoms with Crippen LogP contribution in [0.5, 0.6) is 0 Å². The Kier molecular flexibility index (Phi) is 10.3. The predicted octanol–water partition coefficient (Wildman–Crippen LogP) is -0.333. The molecule has 0 aliphatic rings. The molecule has 9 nitrogen and oxygen atoms in total. The summed E-state index contributed by atoms with van der Waals surface area (Å²) in [5.41, 5.74) is 4.55. The third-order valence-electron chi connectivity index (χ3n) is 2.92. The number of amides is 2. The molecule has 0 saturated carbocycles. The first-order valence-electron chi connectivity index (χ1n) is 8.11. The molecule has 1 atom stereocenters. The standard InChI is InChI=1S/C16H28N4O5/c1-16(2,3)25-15(24)12(7-6-11(21)9-18)20-14(23)10-19-13(22)5-4-8-17/h9,12,18H,4-8,10,17H2,1-3H3,(H,19,22)(H,20,23). The molecular formula is C16H28N4O5. The van der Waals surface area contributed by atoms with Gasteiger partial charge in [-0.05, 0) is 40.2 Å². The highest BCUT2D eigenvalue weighted by Crippen LogP contribution is 2.11. The van der Waals surface area contributed by atoms with E-state index in [0.717, 1.165) is 0 Å². The number of Topliss-reactive ketones (excluding diaryl/α,β-unsaturated/α-hetero) is 1. The third-order valence-corrected chi connectivity index (χ3v) is 2.92. The molecule has 0 spiro atoms. The average Bonchev–Trinajstić information content (AvgIpc) is 2.52. The van der Waals surface area contributed by atoms with Crippen molar-refractivity contribution in [3.8, 4) is 0 Å². The number of nitrogens with two attached hydrogens (primary N) is 1. The fraction of sp³-hybridized carbons (Fsp3) is 0.688. The van der Waals surface area contributed by atoms with E-state index in [1.165, 1.54) is 0 Å². The Morgan fingerprint density at radius 2 is 1.80 bits per heavy atom. The second-order valence-corrected chi connectivity index (χ2v) is 6.47. The average molecular weight is 356 g/mol. The van der Waals surface area contributed by atoms with Crippen molar-refractivity contribution in [1.82, 2.24) is 10.6 Å². The van der Waals surface area contributed by atoms with E-state index >= 15 is 0 Å². The number of carbonyl (C=O) groups is 4. The molecule has 0 radical (unpaired) electrons. The Morgan fingerprint density at radius 3 is 2.32 bits per heavy atom. The van der Waals surface area contributed by atoms with Crippen LogP contribution in [0.3, 0.4) is 0 Å². The highest BCUT2D eigenvalue weighted by molar-refractivity contribution is 6.26. The molecule has 0 saturated heterocycles. The lowest BCUT2D eigenvalue weighted by atomic mass is 10.1. The summed E-state index contributed by atoms with van der Waals surface area (Å²) in [6, 6.07) is -1.03. The molecule has 0 aromatic rings. The highest BCUT2D eigenvalue weighted by Gasteiger charge is 2.27. The van der Waals surface area contributed by atoms with Crippen LogP contribution in [0, 0.1) is 5.41 Å². The smallest absolute Gasteiger partial charge is 0.329 e. The van der Waals surface area contributed by atoms with Crippen molar-refractivity contribution >= 4 is 29.8 Å². The van der Waals surface area contributed by atoms with Gasteiger partial charge in [0, 0.05) is 12.8 Å². The summed E-state index contributed by atoms with van der Waals surface area (Å²) in [5, 5.41) is 11.8. The Labute approximate surface area is 147 Å². The minimum atomic E-state index is -1.03. The summed E-state index contributed by atoms with van der Waals surface area (Å²) in [6.07, 6.45) is 1.32. The van der Waals surface area contributed by atoms with Crippen LogP contribution in [-0.4, -0.2) is 54.5 Å². The van der Waals surface area contributed by atoms with Crippen molar-refractivity contribution in [2.75, 3.05) is 13.1 Å². The monoisotopic (exact) mass is 356 g/mol. The van der Waals surface area contributed by atoms with Crippen LogP contribution >= 0.6 is 0 Å². The summed E-state index contributed by atoms with van der Waals surface area (Å²) in [6.45, 7) is 5.14. The van der Waals surface area contributed by atoms with Gasteiger partial charge < -0.3 is 26.5 Å². The number of carbonyl (C=O) groups excluding carboxylic acids is 4. The van der Waals surface area contributed by atoms with Crippen molar-refractivity contribution in [2.45, 2.75) is 58.1 Å². The lowest BCUT2D eigenvalue weighted by Gasteiger charge is -2.24. The topological polar surface area (TPSA) is 151 Å². The molecule has 0 aromatic heterocycles. The fourth-order valence-electron chi connectivity index (χ4n) is 1.76. The van der Waals surface area contributed by atoms with Crippen LogP contribution in [0.25, 0.3) is 0 Å². The van der Waals surface area contributed by atoms with Gasteiger partial charge in [-0.1, -0.05) is 0 Å². The van der Waals surface area contributed by atoms with Crippen LogP contribution < -0.4 is 16.4 Å². The lowest BCUT2D eigenvalue weighted by molar-refractivity contribution is -0.158. The van der Waals surface area contributed by atoms with Gasteiger partial charge in [0.1, 0.15) is 11.6 Å². The van der Waals surface area contributed by atoms with Gasteiger partial charge in [-0.15, -0.1) is 0 Å². The normalized spacial score (nSPS) is 12.0. The maximum Gasteiger partial charge on any atom is 0.329 e. The van der Waals surface area contributed by atoms with E-state index in [1.54, 1.807) is 20.8 Å². The SMILES string of the molecule is CC(C)(C)OC(=O)C(CCC(=O)C=N)NC(=O)CNC(=O)CCCN. The molecule has 2 amide bonds. The Morgan fingerprint density at radius 1 is 1.16 bits per heavy atom. The second kappa shape index (κ2) is 11.3. The first kappa shape index (κ1) is 22.7.